The molecule has 1 atom stereocenters. The number of rotatable bonds is 2. The van der Waals surface area contributed by atoms with Gasteiger partial charge < -0.3 is 4.57 Å². The highest BCUT2D eigenvalue weighted by Crippen LogP contribution is 2.46. The first-order valence-corrected chi connectivity index (χ1v) is 6.64. The number of nitrogens with zero attached hydrogens (tertiary/aromatic N) is 2. The van der Waals surface area contributed by atoms with Crippen molar-refractivity contribution in [2.45, 2.75) is 57.9 Å². The molecule has 0 radical (unpaired) electrons. The van der Waals surface area contributed by atoms with Gasteiger partial charge in [-0.3, -0.25) is 5.10 Å². The molecule has 4 heteroatoms. The van der Waals surface area contributed by atoms with Crippen LogP contribution < -0.4 is 0 Å². The summed E-state index contributed by atoms with van der Waals surface area (Å²) in [7, 11) is 0. The van der Waals surface area contributed by atoms with Crippen molar-refractivity contribution >= 4 is 12.2 Å². The molecule has 0 spiro atoms. The minimum absolute atomic E-state index is 0.470. The van der Waals surface area contributed by atoms with E-state index in [0.717, 1.165) is 4.77 Å². The summed E-state index contributed by atoms with van der Waals surface area (Å²) in [6.45, 7) is 4.71. The highest BCUT2D eigenvalue weighted by molar-refractivity contribution is 7.71. The zero-order valence-corrected chi connectivity index (χ0v) is 10.8. The van der Waals surface area contributed by atoms with Crippen molar-refractivity contribution < 1.29 is 0 Å². The monoisotopic (exact) mass is 237 g/mol. The first-order chi connectivity index (χ1) is 7.57. The molecule has 2 fully saturated rings. The van der Waals surface area contributed by atoms with Crippen molar-refractivity contribution in [2.75, 3.05) is 0 Å². The quantitative estimate of drug-likeness (QED) is 0.798. The van der Waals surface area contributed by atoms with Crippen molar-refractivity contribution in [1.29, 1.82) is 0 Å². The van der Waals surface area contributed by atoms with Crippen LogP contribution in [0.15, 0.2) is 0 Å². The van der Waals surface area contributed by atoms with E-state index in [1.165, 1.54) is 37.9 Å². The smallest absolute Gasteiger partial charge is 0.195 e. The summed E-state index contributed by atoms with van der Waals surface area (Å²) in [6, 6.07) is 0.580. The summed E-state index contributed by atoms with van der Waals surface area (Å²) in [4.78, 5) is 0. The topological polar surface area (TPSA) is 33.6 Å². The van der Waals surface area contributed by atoms with Crippen molar-refractivity contribution in [3.8, 4) is 0 Å². The van der Waals surface area contributed by atoms with Crippen LogP contribution in [0, 0.1) is 10.2 Å². The number of nitrogens with one attached hydrogen (secondary N) is 1. The molecule has 88 valence electrons. The Morgan fingerprint density at radius 1 is 1.38 bits per heavy atom. The molecule has 2 saturated carbocycles. The van der Waals surface area contributed by atoms with E-state index < -0.39 is 0 Å². The van der Waals surface area contributed by atoms with E-state index in [2.05, 4.69) is 28.6 Å². The van der Waals surface area contributed by atoms with Crippen LogP contribution in [0.3, 0.4) is 0 Å². The van der Waals surface area contributed by atoms with Crippen LogP contribution in [0.5, 0.6) is 0 Å². The van der Waals surface area contributed by atoms with Gasteiger partial charge in [0.05, 0.1) is 0 Å². The standard InChI is InChI=1S/C12H19N3S/c1-12(2)6-5-9(7-12)15-10(8-3-4-8)13-14-11(15)16/h8-9H,3-7H2,1-2H3,(H,14,16). The Balaban J connectivity index is 1.94. The molecule has 1 heterocycles. The number of aromatic nitrogens is 3. The Hall–Kier alpha value is -0.640. The third-order valence-electron chi connectivity index (χ3n) is 3.98. The van der Waals surface area contributed by atoms with E-state index in [1.54, 1.807) is 0 Å². The second kappa shape index (κ2) is 3.42. The lowest BCUT2D eigenvalue weighted by Gasteiger charge is -2.18. The Bertz CT molecular complexity index is 453. The van der Waals surface area contributed by atoms with Gasteiger partial charge >= 0.3 is 0 Å². The summed E-state index contributed by atoms with van der Waals surface area (Å²) in [6.07, 6.45) is 6.36. The van der Waals surface area contributed by atoms with Crippen molar-refractivity contribution in [1.82, 2.24) is 14.8 Å². The van der Waals surface area contributed by atoms with Gasteiger partial charge in [0.15, 0.2) is 4.77 Å². The van der Waals surface area contributed by atoms with E-state index >= 15 is 0 Å². The zero-order chi connectivity index (χ0) is 11.3. The Labute approximate surface area is 101 Å². The minimum Gasteiger partial charge on any atom is -0.301 e. The number of H-pyrrole nitrogens is 1. The fourth-order valence-corrected chi connectivity index (χ4v) is 3.21. The predicted molar refractivity (Wildman–Crippen MR) is 66.1 cm³/mol. The normalized spacial score (nSPS) is 28.5. The van der Waals surface area contributed by atoms with Gasteiger partial charge in [-0.2, -0.15) is 5.10 Å². The van der Waals surface area contributed by atoms with E-state index in [-0.39, 0.29) is 0 Å². The van der Waals surface area contributed by atoms with Gasteiger partial charge in [-0.05, 0) is 49.7 Å². The van der Waals surface area contributed by atoms with Crippen LogP contribution in [0.2, 0.25) is 0 Å². The molecule has 1 N–H and O–H groups in total. The summed E-state index contributed by atoms with van der Waals surface area (Å²) >= 11 is 5.38. The van der Waals surface area contributed by atoms with Gasteiger partial charge in [0.25, 0.3) is 0 Å². The third kappa shape index (κ3) is 1.73. The number of hydrogen-bond acceptors (Lipinski definition) is 2. The molecule has 2 aliphatic carbocycles. The summed E-state index contributed by atoms with van der Waals surface area (Å²) in [5, 5.41) is 7.39. The molecule has 1 unspecified atom stereocenters. The first kappa shape index (κ1) is 10.5. The highest BCUT2D eigenvalue weighted by atomic mass is 32.1. The van der Waals surface area contributed by atoms with Gasteiger partial charge in [-0.1, -0.05) is 13.8 Å². The molecule has 16 heavy (non-hydrogen) atoms. The van der Waals surface area contributed by atoms with Crippen molar-refractivity contribution in [2.24, 2.45) is 5.41 Å². The Kier molecular flexibility index (Phi) is 2.25. The molecule has 1 aromatic rings. The second-order valence-corrected chi connectivity index (χ2v) is 6.48. The second-order valence-electron chi connectivity index (χ2n) is 6.09. The fraction of sp³-hybridized carbons (Fsp3) is 0.833. The minimum atomic E-state index is 0.470. The zero-order valence-electron chi connectivity index (χ0n) is 9.99. The molecule has 3 rings (SSSR count). The molecule has 3 nitrogen and oxygen atoms in total. The van der Waals surface area contributed by atoms with Gasteiger partial charge in [-0.15, -0.1) is 0 Å². The fourth-order valence-electron chi connectivity index (χ4n) is 2.92. The lowest BCUT2D eigenvalue weighted by atomic mass is 9.92. The van der Waals surface area contributed by atoms with Crippen LogP contribution in [0.1, 0.15) is 63.7 Å². The third-order valence-corrected chi connectivity index (χ3v) is 4.27. The van der Waals surface area contributed by atoms with Gasteiger partial charge in [-0.25, -0.2) is 0 Å². The summed E-state index contributed by atoms with van der Waals surface area (Å²) in [5.41, 5.74) is 0.470. The van der Waals surface area contributed by atoms with E-state index in [4.69, 9.17) is 12.2 Å². The average molecular weight is 237 g/mol. The largest absolute Gasteiger partial charge is 0.301 e. The molecule has 0 aromatic carbocycles. The first-order valence-electron chi connectivity index (χ1n) is 6.24. The van der Waals surface area contributed by atoms with Gasteiger partial charge in [0.1, 0.15) is 5.82 Å². The van der Waals surface area contributed by atoms with Crippen molar-refractivity contribution in [3.05, 3.63) is 10.6 Å². The van der Waals surface area contributed by atoms with Crippen LogP contribution in [0.25, 0.3) is 0 Å². The maximum atomic E-state index is 5.38. The Morgan fingerprint density at radius 2 is 2.12 bits per heavy atom. The van der Waals surface area contributed by atoms with Crippen LogP contribution in [-0.2, 0) is 0 Å². The van der Waals surface area contributed by atoms with Crippen molar-refractivity contribution in [3.63, 3.8) is 0 Å². The summed E-state index contributed by atoms with van der Waals surface area (Å²) < 4.78 is 3.13. The van der Waals surface area contributed by atoms with Gasteiger partial charge in [0.2, 0.25) is 0 Å². The van der Waals surface area contributed by atoms with E-state index in [9.17, 15) is 0 Å². The SMILES string of the molecule is CC1(C)CCC(n2c(C3CC3)n[nH]c2=S)C1. The van der Waals surface area contributed by atoms with E-state index in [1.807, 2.05) is 0 Å². The molecule has 1 aromatic heterocycles. The lowest BCUT2D eigenvalue weighted by Crippen LogP contribution is -2.12. The van der Waals surface area contributed by atoms with Crippen LogP contribution in [0.4, 0.5) is 0 Å². The molecular formula is C12H19N3S. The molecule has 2 aliphatic rings. The van der Waals surface area contributed by atoms with Crippen LogP contribution in [-0.4, -0.2) is 14.8 Å². The Morgan fingerprint density at radius 3 is 2.69 bits per heavy atom. The van der Waals surface area contributed by atoms with Crippen LogP contribution >= 0.6 is 12.2 Å². The predicted octanol–water partition coefficient (Wildman–Crippen LogP) is 3.57. The molecule has 0 aliphatic heterocycles. The van der Waals surface area contributed by atoms with Gasteiger partial charge in [0, 0.05) is 12.0 Å². The number of aromatic amines is 1. The maximum absolute atomic E-state index is 5.38. The average Bonchev–Trinajstić information content (AvgIpc) is 2.89. The molecule has 0 amide bonds. The highest BCUT2D eigenvalue weighted by Gasteiger charge is 2.36. The maximum Gasteiger partial charge on any atom is 0.195 e. The molecule has 0 bridgehead atoms. The molecule has 0 saturated heterocycles. The summed E-state index contributed by atoms with van der Waals surface area (Å²) in [5.74, 6) is 1.89. The number of hydrogen-bond donors (Lipinski definition) is 1. The lowest BCUT2D eigenvalue weighted by molar-refractivity contribution is 0.355. The molecular weight excluding hydrogens is 218 g/mol. The van der Waals surface area contributed by atoms with E-state index in [0.29, 0.717) is 17.4 Å².